The molecule has 30 heavy (non-hydrogen) atoms. The molecular formula is C24H20FN3O2. The standard InChI is InChI=1S/C24H20FN3O2/c1-2-15-7-13-18(14-8-15)27-23(29)21-19-5-3-4-6-20(19)28(22(21)26)24(30)16-9-11-17(25)12-10-16/h3-14H,2,26H2,1H3,(H,27,29). The largest absolute Gasteiger partial charge is 0.384 e. The maximum atomic E-state index is 13.3. The molecule has 0 bridgehead atoms. The fourth-order valence-corrected chi connectivity index (χ4v) is 3.46. The van der Waals surface area contributed by atoms with Gasteiger partial charge in [-0.15, -0.1) is 0 Å². The number of nitrogens with one attached hydrogen (secondary N) is 1. The molecular weight excluding hydrogens is 381 g/mol. The first kappa shape index (κ1) is 19.4. The van der Waals surface area contributed by atoms with Crippen molar-refractivity contribution in [3.8, 4) is 0 Å². The minimum atomic E-state index is -0.439. The second kappa shape index (κ2) is 7.83. The van der Waals surface area contributed by atoms with E-state index in [9.17, 15) is 14.0 Å². The third-order valence-electron chi connectivity index (χ3n) is 5.05. The van der Waals surface area contributed by atoms with E-state index in [0.29, 0.717) is 16.6 Å². The second-order valence-electron chi connectivity index (χ2n) is 6.93. The van der Waals surface area contributed by atoms with Crippen molar-refractivity contribution in [1.82, 2.24) is 4.57 Å². The van der Waals surface area contributed by atoms with Crippen LogP contribution in [0.3, 0.4) is 0 Å². The van der Waals surface area contributed by atoms with E-state index in [2.05, 4.69) is 12.2 Å². The van der Waals surface area contributed by atoms with Crippen LogP contribution < -0.4 is 11.1 Å². The number of nitrogens with two attached hydrogens (primary N) is 1. The summed E-state index contributed by atoms with van der Waals surface area (Å²) < 4.78 is 14.5. The lowest BCUT2D eigenvalue weighted by atomic mass is 10.1. The van der Waals surface area contributed by atoms with E-state index in [1.54, 1.807) is 24.3 Å². The molecule has 0 atom stereocenters. The lowest BCUT2D eigenvalue weighted by molar-refractivity contribution is 0.0967. The topological polar surface area (TPSA) is 77.1 Å². The van der Waals surface area contributed by atoms with E-state index in [-0.39, 0.29) is 16.9 Å². The van der Waals surface area contributed by atoms with Gasteiger partial charge in [0.1, 0.15) is 11.6 Å². The van der Waals surface area contributed by atoms with Gasteiger partial charge in [-0.25, -0.2) is 4.39 Å². The average Bonchev–Trinajstić information content (AvgIpc) is 3.06. The van der Waals surface area contributed by atoms with Crippen molar-refractivity contribution < 1.29 is 14.0 Å². The Kier molecular flexibility index (Phi) is 5.06. The van der Waals surface area contributed by atoms with Gasteiger partial charge >= 0.3 is 0 Å². The molecule has 1 amide bonds. The highest BCUT2D eigenvalue weighted by atomic mass is 19.1. The molecule has 6 heteroatoms. The first-order chi connectivity index (χ1) is 14.5. The molecule has 0 aliphatic rings. The quantitative estimate of drug-likeness (QED) is 0.512. The lowest BCUT2D eigenvalue weighted by Gasteiger charge is -2.08. The van der Waals surface area contributed by atoms with Gasteiger partial charge in [0.2, 0.25) is 0 Å². The number of carbonyl (C=O) groups excluding carboxylic acids is 2. The summed E-state index contributed by atoms with van der Waals surface area (Å²) in [5, 5.41) is 3.41. The molecule has 3 aromatic carbocycles. The van der Waals surface area contributed by atoms with Crippen LogP contribution in [0.2, 0.25) is 0 Å². The van der Waals surface area contributed by atoms with Crippen LogP contribution in [0.5, 0.6) is 0 Å². The summed E-state index contributed by atoms with van der Waals surface area (Å²) in [5.74, 6) is -1.24. The summed E-state index contributed by atoms with van der Waals surface area (Å²) in [5.41, 5.74) is 9.09. The number of hydrogen-bond acceptors (Lipinski definition) is 3. The minimum Gasteiger partial charge on any atom is -0.384 e. The summed E-state index contributed by atoms with van der Waals surface area (Å²) in [6.07, 6.45) is 0.903. The summed E-state index contributed by atoms with van der Waals surface area (Å²) in [7, 11) is 0. The molecule has 4 aromatic rings. The molecule has 4 rings (SSSR count). The molecule has 0 saturated carbocycles. The number of halogens is 1. The lowest BCUT2D eigenvalue weighted by Crippen LogP contribution is -2.18. The zero-order valence-electron chi connectivity index (χ0n) is 16.4. The number of aryl methyl sites for hydroxylation is 1. The highest BCUT2D eigenvalue weighted by Crippen LogP contribution is 2.30. The fourth-order valence-electron chi connectivity index (χ4n) is 3.46. The summed E-state index contributed by atoms with van der Waals surface area (Å²) in [4.78, 5) is 26.1. The van der Waals surface area contributed by atoms with E-state index in [0.717, 1.165) is 12.0 Å². The number of rotatable bonds is 4. The van der Waals surface area contributed by atoms with Crippen LogP contribution in [0.15, 0.2) is 72.8 Å². The average molecular weight is 401 g/mol. The van der Waals surface area contributed by atoms with Gasteiger partial charge in [-0.3, -0.25) is 14.2 Å². The first-order valence-electron chi connectivity index (χ1n) is 9.59. The van der Waals surface area contributed by atoms with Crippen molar-refractivity contribution >= 4 is 34.2 Å². The summed E-state index contributed by atoms with van der Waals surface area (Å²) in [6, 6.07) is 19.8. The fraction of sp³-hybridized carbons (Fsp3) is 0.0833. The smallest absolute Gasteiger partial charge is 0.263 e. The number of fused-ring (bicyclic) bond motifs is 1. The van der Waals surface area contributed by atoms with E-state index in [4.69, 9.17) is 5.73 Å². The van der Waals surface area contributed by atoms with Gasteiger partial charge < -0.3 is 11.1 Å². The minimum absolute atomic E-state index is 0.0354. The van der Waals surface area contributed by atoms with E-state index >= 15 is 0 Å². The zero-order valence-corrected chi connectivity index (χ0v) is 16.4. The number of carbonyl (C=O) groups is 2. The normalized spacial score (nSPS) is 10.9. The number of hydrogen-bond donors (Lipinski definition) is 2. The summed E-state index contributed by atoms with van der Waals surface area (Å²) in [6.45, 7) is 2.06. The number of nitrogens with zero attached hydrogens (tertiary/aromatic N) is 1. The van der Waals surface area contributed by atoms with Crippen molar-refractivity contribution in [1.29, 1.82) is 0 Å². The van der Waals surface area contributed by atoms with Gasteiger partial charge in [0.05, 0.1) is 11.1 Å². The van der Waals surface area contributed by atoms with Crippen molar-refractivity contribution in [3.05, 3.63) is 95.3 Å². The van der Waals surface area contributed by atoms with Crippen LogP contribution in [-0.2, 0) is 6.42 Å². The SMILES string of the molecule is CCc1ccc(NC(=O)c2c(N)n(C(=O)c3ccc(F)cc3)c3ccccc23)cc1. The Morgan fingerprint density at radius 3 is 2.30 bits per heavy atom. The van der Waals surface area contributed by atoms with Crippen LogP contribution in [0.25, 0.3) is 10.9 Å². The molecule has 5 nitrogen and oxygen atoms in total. The van der Waals surface area contributed by atoms with E-state index < -0.39 is 17.6 Å². The number of para-hydroxylation sites is 1. The Bertz CT molecular complexity index is 1240. The van der Waals surface area contributed by atoms with E-state index in [1.165, 1.54) is 28.8 Å². The number of amides is 1. The number of nitrogen functional groups attached to an aromatic ring is 1. The van der Waals surface area contributed by atoms with Crippen LogP contribution in [0.4, 0.5) is 15.9 Å². The Morgan fingerprint density at radius 2 is 1.63 bits per heavy atom. The third kappa shape index (κ3) is 3.43. The molecule has 3 N–H and O–H groups in total. The van der Waals surface area contributed by atoms with Gasteiger partial charge in [0, 0.05) is 16.6 Å². The molecule has 0 aliphatic heterocycles. The predicted molar refractivity (Wildman–Crippen MR) is 116 cm³/mol. The van der Waals surface area contributed by atoms with Gasteiger partial charge in [-0.05, 0) is 54.4 Å². The Balaban J connectivity index is 1.77. The Morgan fingerprint density at radius 1 is 0.967 bits per heavy atom. The van der Waals surface area contributed by atoms with E-state index in [1.807, 2.05) is 24.3 Å². The summed E-state index contributed by atoms with van der Waals surface area (Å²) >= 11 is 0. The number of aromatic nitrogens is 1. The van der Waals surface area contributed by atoms with Crippen molar-refractivity contribution in [2.75, 3.05) is 11.1 Å². The molecule has 0 unspecified atom stereocenters. The third-order valence-corrected chi connectivity index (χ3v) is 5.05. The molecule has 1 aromatic heterocycles. The molecule has 0 aliphatic carbocycles. The Hall–Kier alpha value is -3.93. The van der Waals surface area contributed by atoms with Crippen LogP contribution in [-0.4, -0.2) is 16.4 Å². The van der Waals surface area contributed by atoms with Gasteiger partial charge in [0.15, 0.2) is 0 Å². The van der Waals surface area contributed by atoms with Crippen molar-refractivity contribution in [3.63, 3.8) is 0 Å². The number of anilines is 2. The number of benzene rings is 3. The highest BCUT2D eigenvalue weighted by molar-refractivity contribution is 6.19. The Labute approximate surface area is 172 Å². The maximum Gasteiger partial charge on any atom is 0.263 e. The van der Waals surface area contributed by atoms with Crippen LogP contribution >= 0.6 is 0 Å². The van der Waals surface area contributed by atoms with Gasteiger partial charge in [-0.2, -0.15) is 0 Å². The second-order valence-corrected chi connectivity index (χ2v) is 6.93. The van der Waals surface area contributed by atoms with Crippen molar-refractivity contribution in [2.45, 2.75) is 13.3 Å². The molecule has 150 valence electrons. The highest BCUT2D eigenvalue weighted by Gasteiger charge is 2.24. The molecule has 1 heterocycles. The predicted octanol–water partition coefficient (Wildman–Crippen LogP) is 4.87. The molecule has 0 fully saturated rings. The van der Waals surface area contributed by atoms with Crippen LogP contribution in [0, 0.1) is 5.82 Å². The van der Waals surface area contributed by atoms with Gasteiger partial charge in [0.25, 0.3) is 11.8 Å². The van der Waals surface area contributed by atoms with Crippen LogP contribution in [0.1, 0.15) is 33.2 Å². The molecule has 0 saturated heterocycles. The zero-order chi connectivity index (χ0) is 21.3. The molecule has 0 spiro atoms. The van der Waals surface area contributed by atoms with Gasteiger partial charge in [-0.1, -0.05) is 37.3 Å². The molecule has 0 radical (unpaired) electrons. The first-order valence-corrected chi connectivity index (χ1v) is 9.59. The van der Waals surface area contributed by atoms with Crippen molar-refractivity contribution in [2.24, 2.45) is 0 Å². The monoisotopic (exact) mass is 401 g/mol. The maximum absolute atomic E-state index is 13.3.